The van der Waals surface area contributed by atoms with E-state index in [4.69, 9.17) is 19.3 Å². The van der Waals surface area contributed by atoms with Crippen LogP contribution in [-0.4, -0.2) is 54.7 Å². The fourth-order valence-corrected chi connectivity index (χ4v) is 4.10. The van der Waals surface area contributed by atoms with Crippen molar-refractivity contribution in [3.05, 3.63) is 0 Å². The zero-order chi connectivity index (χ0) is 22.9. The Labute approximate surface area is 186 Å². The van der Waals surface area contributed by atoms with Gasteiger partial charge in [-0.2, -0.15) is 0 Å². The van der Waals surface area contributed by atoms with Crippen molar-refractivity contribution in [2.75, 3.05) is 26.4 Å². The number of aliphatic carboxylic acids is 1. The molecule has 7 nitrogen and oxygen atoms in total. The number of fused-ring (bicyclic) bond motifs is 1. The van der Waals surface area contributed by atoms with Crippen LogP contribution in [-0.2, 0) is 19.0 Å². The van der Waals surface area contributed by atoms with Gasteiger partial charge in [0.25, 0.3) is 0 Å². The van der Waals surface area contributed by atoms with Crippen LogP contribution in [0, 0.1) is 29.6 Å². The highest BCUT2D eigenvalue weighted by Gasteiger charge is 2.49. The standard InChI is InChI=1S/C24H39NO6/c1-23(2,31-16-13-24(3,4)30-15-11-21(26)27)12-14-25-22(28)29-17-20-18-9-7-5-6-8-10-19(18)20/h18-20H,7-17H2,1-4H3,(H,25,28)(H,26,27)/t18-,19+,20-. The number of carbonyl (C=O) groups excluding carboxylic acids is 1. The van der Waals surface area contributed by atoms with E-state index in [-0.39, 0.29) is 19.1 Å². The maximum absolute atomic E-state index is 12.0. The van der Waals surface area contributed by atoms with Crippen LogP contribution in [0.15, 0.2) is 0 Å². The molecule has 0 bridgehead atoms. The molecule has 0 aliphatic heterocycles. The molecule has 0 aromatic heterocycles. The number of nitrogens with one attached hydrogen (secondary N) is 1. The maximum atomic E-state index is 12.0. The number of hydrogen-bond donors (Lipinski definition) is 2. The molecule has 2 aliphatic rings. The van der Waals surface area contributed by atoms with E-state index >= 15 is 0 Å². The smallest absolute Gasteiger partial charge is 0.407 e. The lowest BCUT2D eigenvalue weighted by molar-refractivity contribution is -0.140. The van der Waals surface area contributed by atoms with Crippen molar-refractivity contribution in [3.8, 4) is 11.8 Å². The van der Waals surface area contributed by atoms with Crippen molar-refractivity contribution in [1.29, 1.82) is 0 Å². The second kappa shape index (κ2) is 11.7. The summed E-state index contributed by atoms with van der Waals surface area (Å²) in [7, 11) is 0. The normalized spacial score (nSPS) is 22.9. The molecule has 1 amide bonds. The zero-order valence-electron chi connectivity index (χ0n) is 19.5. The summed E-state index contributed by atoms with van der Waals surface area (Å²) in [5.74, 6) is 7.37. The van der Waals surface area contributed by atoms with E-state index in [0.29, 0.717) is 50.4 Å². The van der Waals surface area contributed by atoms with Crippen molar-refractivity contribution in [2.45, 2.75) is 83.8 Å². The third-order valence-corrected chi connectivity index (χ3v) is 6.25. The fraction of sp³-hybridized carbons (Fsp3) is 0.833. The van der Waals surface area contributed by atoms with Gasteiger partial charge >= 0.3 is 12.1 Å². The summed E-state index contributed by atoms with van der Waals surface area (Å²) >= 11 is 0. The molecule has 0 aromatic rings. The van der Waals surface area contributed by atoms with Crippen LogP contribution in [0.2, 0.25) is 0 Å². The zero-order valence-corrected chi connectivity index (χ0v) is 19.5. The van der Waals surface area contributed by atoms with Crippen molar-refractivity contribution >= 4 is 12.1 Å². The highest BCUT2D eigenvalue weighted by Crippen LogP contribution is 2.52. The van der Waals surface area contributed by atoms with Crippen LogP contribution < -0.4 is 5.32 Å². The number of alkyl carbamates (subject to hydrolysis) is 1. The van der Waals surface area contributed by atoms with Gasteiger partial charge in [-0.1, -0.05) is 0 Å². The van der Waals surface area contributed by atoms with Gasteiger partial charge in [0.1, 0.15) is 0 Å². The molecular formula is C24H39NO6. The highest BCUT2D eigenvalue weighted by molar-refractivity contribution is 5.67. The topological polar surface area (TPSA) is 94.1 Å². The van der Waals surface area contributed by atoms with Gasteiger partial charge in [0.15, 0.2) is 0 Å². The van der Waals surface area contributed by atoms with E-state index < -0.39 is 17.2 Å². The first-order valence-electron chi connectivity index (χ1n) is 11.5. The second-order valence-electron chi connectivity index (χ2n) is 9.81. The Bertz CT molecular complexity index is 645. The fourth-order valence-electron chi connectivity index (χ4n) is 4.10. The summed E-state index contributed by atoms with van der Waals surface area (Å²) in [6.07, 6.45) is 5.12. The number of ether oxygens (including phenoxy) is 3. The van der Waals surface area contributed by atoms with Crippen molar-refractivity contribution in [1.82, 2.24) is 5.32 Å². The molecule has 176 valence electrons. The Morgan fingerprint density at radius 2 is 1.55 bits per heavy atom. The third kappa shape index (κ3) is 9.92. The van der Waals surface area contributed by atoms with Crippen LogP contribution in [0.3, 0.4) is 0 Å². The summed E-state index contributed by atoms with van der Waals surface area (Å²) in [6, 6.07) is 0. The van der Waals surface area contributed by atoms with E-state index in [1.165, 1.54) is 0 Å². The van der Waals surface area contributed by atoms with Crippen LogP contribution in [0.4, 0.5) is 4.79 Å². The first-order chi connectivity index (χ1) is 14.6. The minimum Gasteiger partial charge on any atom is -0.481 e. The summed E-state index contributed by atoms with van der Waals surface area (Å²) in [6.45, 7) is 9.49. The highest BCUT2D eigenvalue weighted by atomic mass is 16.5. The van der Waals surface area contributed by atoms with E-state index in [0.717, 1.165) is 25.7 Å². The summed E-state index contributed by atoms with van der Waals surface area (Å²) < 4.78 is 17.0. The van der Waals surface area contributed by atoms with E-state index in [1.54, 1.807) is 0 Å². The van der Waals surface area contributed by atoms with Gasteiger partial charge in [0.05, 0.1) is 37.4 Å². The van der Waals surface area contributed by atoms with E-state index in [1.807, 2.05) is 27.7 Å². The van der Waals surface area contributed by atoms with Crippen molar-refractivity contribution < 1.29 is 28.9 Å². The Hall–Kier alpha value is -1.78. The molecule has 31 heavy (non-hydrogen) atoms. The molecule has 7 heteroatoms. The van der Waals surface area contributed by atoms with Gasteiger partial charge in [-0.15, -0.1) is 11.8 Å². The van der Waals surface area contributed by atoms with Gasteiger partial charge in [-0.3, -0.25) is 4.79 Å². The molecule has 2 rings (SSSR count). The number of carboxylic acids is 1. The molecule has 0 saturated heterocycles. The summed E-state index contributed by atoms with van der Waals surface area (Å²) in [5, 5.41) is 11.5. The predicted molar refractivity (Wildman–Crippen MR) is 118 cm³/mol. The maximum Gasteiger partial charge on any atom is 0.407 e. The van der Waals surface area contributed by atoms with Gasteiger partial charge in [0.2, 0.25) is 0 Å². The lowest BCUT2D eigenvalue weighted by Gasteiger charge is -2.29. The molecule has 2 aliphatic carbocycles. The molecule has 0 radical (unpaired) electrons. The number of carboxylic acid groups (broad SMARTS) is 1. The molecule has 0 unspecified atom stereocenters. The Morgan fingerprint density at radius 3 is 2.16 bits per heavy atom. The molecule has 0 heterocycles. The van der Waals surface area contributed by atoms with Gasteiger partial charge in [0, 0.05) is 19.4 Å². The SMILES string of the molecule is CC(C)(CCNC(=O)OC[C@@H]1[C@@H]2CCC#CCC[C@@H]21)OCCC(C)(C)OCCC(=O)O. The van der Waals surface area contributed by atoms with Crippen LogP contribution in [0.25, 0.3) is 0 Å². The first kappa shape index (κ1) is 25.5. The van der Waals surface area contributed by atoms with Gasteiger partial charge in [-0.25, -0.2) is 4.79 Å². The molecule has 0 spiro atoms. The molecule has 3 atom stereocenters. The van der Waals surface area contributed by atoms with Crippen LogP contribution in [0.5, 0.6) is 0 Å². The molecular weight excluding hydrogens is 398 g/mol. The van der Waals surface area contributed by atoms with Crippen LogP contribution >= 0.6 is 0 Å². The Kier molecular flexibility index (Phi) is 9.64. The minimum absolute atomic E-state index is 0.00593. The van der Waals surface area contributed by atoms with Crippen LogP contribution in [0.1, 0.15) is 72.6 Å². The predicted octanol–water partition coefficient (Wildman–Crippen LogP) is 4.00. The average molecular weight is 438 g/mol. The average Bonchev–Trinajstić information content (AvgIpc) is 3.28. The van der Waals surface area contributed by atoms with E-state index in [9.17, 15) is 9.59 Å². The van der Waals surface area contributed by atoms with Gasteiger partial charge < -0.3 is 24.6 Å². The first-order valence-corrected chi connectivity index (χ1v) is 11.5. The lowest BCUT2D eigenvalue weighted by Crippen LogP contribution is -2.35. The molecule has 1 fully saturated rings. The quantitative estimate of drug-likeness (QED) is 0.423. The van der Waals surface area contributed by atoms with Crippen molar-refractivity contribution in [3.63, 3.8) is 0 Å². The lowest BCUT2D eigenvalue weighted by atomic mass is 10.0. The number of rotatable bonds is 13. The van der Waals surface area contributed by atoms with E-state index in [2.05, 4.69) is 17.2 Å². The largest absolute Gasteiger partial charge is 0.481 e. The third-order valence-electron chi connectivity index (χ3n) is 6.25. The minimum atomic E-state index is -0.866. The number of hydrogen-bond acceptors (Lipinski definition) is 5. The molecule has 1 saturated carbocycles. The second-order valence-corrected chi connectivity index (χ2v) is 9.81. The van der Waals surface area contributed by atoms with Gasteiger partial charge in [-0.05, 0) is 71.1 Å². The molecule has 0 aromatic carbocycles. The number of carbonyl (C=O) groups is 2. The Morgan fingerprint density at radius 1 is 0.968 bits per heavy atom. The summed E-state index contributed by atoms with van der Waals surface area (Å²) in [4.78, 5) is 22.6. The molecule has 2 N–H and O–H groups in total. The Balaban J connectivity index is 1.55. The monoisotopic (exact) mass is 437 g/mol. The summed E-state index contributed by atoms with van der Waals surface area (Å²) in [5.41, 5.74) is -0.843. The van der Waals surface area contributed by atoms with Crippen molar-refractivity contribution in [2.24, 2.45) is 17.8 Å². The number of amides is 1.